The van der Waals surface area contributed by atoms with E-state index in [1.807, 2.05) is 31.4 Å². The molecule has 0 radical (unpaired) electrons. The summed E-state index contributed by atoms with van der Waals surface area (Å²) in [4.78, 5) is 16.7. The van der Waals surface area contributed by atoms with Crippen LogP contribution >= 0.6 is 36.2 Å². The minimum absolute atomic E-state index is 0. The number of aromatic nitrogens is 1. The lowest BCUT2D eigenvalue weighted by Gasteiger charge is -2.26. The van der Waals surface area contributed by atoms with Crippen LogP contribution in [-0.4, -0.2) is 23.0 Å². The quantitative estimate of drug-likeness (QED) is 0.729. The number of halogens is 2. The highest BCUT2D eigenvalue weighted by molar-refractivity contribution is 7.13. The average molecular weight is 404 g/mol. The molecular weight excluding hydrogens is 377 g/mol. The van der Waals surface area contributed by atoms with Gasteiger partial charge in [0.25, 0.3) is 0 Å². The van der Waals surface area contributed by atoms with Crippen LogP contribution in [0.5, 0.6) is 0 Å². The lowest BCUT2D eigenvalue weighted by atomic mass is 9.94. The first kappa shape index (κ1) is 23.9. The van der Waals surface area contributed by atoms with Gasteiger partial charge in [0.2, 0.25) is 5.91 Å². The standard InChI is InChI=1S/C18H25N3OS.2ClH/c1-4-18(19,5-2)12-20-16(22)10-15-11-23-17(21-15)14-8-6-7-13(3)9-14;;/h6-9,11H,4-5,10,12,19H2,1-3H3,(H,20,22);2*1H. The van der Waals surface area contributed by atoms with Gasteiger partial charge in [-0.3, -0.25) is 4.79 Å². The van der Waals surface area contributed by atoms with Crippen molar-refractivity contribution in [2.24, 2.45) is 5.73 Å². The number of rotatable bonds is 7. The average Bonchev–Trinajstić information content (AvgIpc) is 3.01. The van der Waals surface area contributed by atoms with Gasteiger partial charge in [-0.05, 0) is 25.8 Å². The van der Waals surface area contributed by atoms with E-state index in [9.17, 15) is 4.79 Å². The molecule has 0 unspecified atom stereocenters. The Labute approximate surface area is 166 Å². The molecule has 1 aromatic carbocycles. The first-order valence-corrected chi connectivity index (χ1v) is 8.91. The second kappa shape index (κ2) is 10.8. The Morgan fingerprint density at radius 3 is 2.56 bits per heavy atom. The first-order valence-electron chi connectivity index (χ1n) is 8.03. The van der Waals surface area contributed by atoms with E-state index in [0.717, 1.165) is 29.1 Å². The molecule has 0 atom stereocenters. The Morgan fingerprint density at radius 2 is 1.96 bits per heavy atom. The zero-order chi connectivity index (χ0) is 16.9. The molecule has 0 spiro atoms. The third-order valence-corrected chi connectivity index (χ3v) is 5.14. The molecule has 4 nitrogen and oxygen atoms in total. The predicted octanol–water partition coefficient (Wildman–Crippen LogP) is 4.14. The van der Waals surface area contributed by atoms with Gasteiger partial charge in [-0.2, -0.15) is 0 Å². The Hall–Kier alpha value is -1.14. The molecule has 1 heterocycles. The smallest absolute Gasteiger partial charge is 0.226 e. The molecule has 0 saturated heterocycles. The lowest BCUT2D eigenvalue weighted by Crippen LogP contribution is -2.49. The van der Waals surface area contributed by atoms with Gasteiger partial charge in [-0.25, -0.2) is 4.98 Å². The summed E-state index contributed by atoms with van der Waals surface area (Å²) in [5, 5.41) is 5.83. The molecule has 0 aliphatic carbocycles. The zero-order valence-electron chi connectivity index (χ0n) is 14.9. The molecule has 0 aliphatic heterocycles. The second-order valence-corrected chi connectivity index (χ2v) is 6.89. The van der Waals surface area contributed by atoms with E-state index in [1.165, 1.54) is 5.56 Å². The second-order valence-electron chi connectivity index (χ2n) is 6.04. The molecule has 3 N–H and O–H groups in total. The number of carbonyl (C=O) groups is 1. The van der Waals surface area contributed by atoms with E-state index in [1.54, 1.807) is 11.3 Å². The molecule has 2 aromatic rings. The Bertz CT molecular complexity index is 672. The molecule has 0 saturated carbocycles. The summed E-state index contributed by atoms with van der Waals surface area (Å²) in [5.74, 6) is -0.0252. The summed E-state index contributed by atoms with van der Waals surface area (Å²) < 4.78 is 0. The van der Waals surface area contributed by atoms with Crippen molar-refractivity contribution in [3.8, 4) is 10.6 Å². The predicted molar refractivity (Wildman–Crippen MR) is 111 cm³/mol. The number of benzene rings is 1. The monoisotopic (exact) mass is 403 g/mol. The summed E-state index contributed by atoms with van der Waals surface area (Å²) in [6.07, 6.45) is 1.99. The Kier molecular flexibility index (Phi) is 10.3. The fraction of sp³-hybridized carbons (Fsp3) is 0.444. The van der Waals surface area contributed by atoms with E-state index in [4.69, 9.17) is 5.73 Å². The molecular formula is C18H27Cl2N3OS. The van der Waals surface area contributed by atoms with Crippen LogP contribution in [0.1, 0.15) is 37.9 Å². The highest BCUT2D eigenvalue weighted by atomic mass is 35.5. The number of thiazole rings is 1. The highest BCUT2D eigenvalue weighted by Crippen LogP contribution is 2.24. The maximum absolute atomic E-state index is 12.1. The molecule has 7 heteroatoms. The van der Waals surface area contributed by atoms with Crippen molar-refractivity contribution in [3.63, 3.8) is 0 Å². The minimum Gasteiger partial charge on any atom is -0.354 e. The number of carbonyl (C=O) groups excluding carboxylic acids is 1. The van der Waals surface area contributed by atoms with Crippen LogP contribution in [-0.2, 0) is 11.2 Å². The van der Waals surface area contributed by atoms with Crippen molar-refractivity contribution in [1.82, 2.24) is 10.3 Å². The van der Waals surface area contributed by atoms with Crippen LogP contribution in [0.15, 0.2) is 29.6 Å². The van der Waals surface area contributed by atoms with Crippen molar-refractivity contribution < 1.29 is 4.79 Å². The van der Waals surface area contributed by atoms with Crippen LogP contribution in [0.4, 0.5) is 0 Å². The van der Waals surface area contributed by atoms with Gasteiger partial charge in [-0.1, -0.05) is 37.6 Å². The SMILES string of the molecule is CCC(N)(CC)CNC(=O)Cc1csc(-c2cccc(C)c2)n1.Cl.Cl. The number of aryl methyl sites for hydroxylation is 1. The molecule has 0 aliphatic rings. The number of nitrogens with two attached hydrogens (primary N) is 1. The van der Waals surface area contributed by atoms with Gasteiger partial charge in [-0.15, -0.1) is 36.2 Å². The van der Waals surface area contributed by atoms with E-state index < -0.39 is 0 Å². The van der Waals surface area contributed by atoms with E-state index in [2.05, 4.69) is 29.4 Å². The van der Waals surface area contributed by atoms with Crippen molar-refractivity contribution in [1.29, 1.82) is 0 Å². The number of hydrogen-bond acceptors (Lipinski definition) is 4. The summed E-state index contributed by atoms with van der Waals surface area (Å²) in [5.41, 5.74) is 9.00. The van der Waals surface area contributed by atoms with Gasteiger partial charge in [0.1, 0.15) is 5.01 Å². The highest BCUT2D eigenvalue weighted by Gasteiger charge is 2.21. The molecule has 140 valence electrons. The zero-order valence-corrected chi connectivity index (χ0v) is 17.3. The van der Waals surface area contributed by atoms with Crippen LogP contribution in [0.25, 0.3) is 10.6 Å². The molecule has 25 heavy (non-hydrogen) atoms. The van der Waals surface area contributed by atoms with Gasteiger partial charge in [0.05, 0.1) is 12.1 Å². The van der Waals surface area contributed by atoms with Crippen LogP contribution in [0, 0.1) is 6.92 Å². The van der Waals surface area contributed by atoms with Crippen molar-refractivity contribution in [2.75, 3.05) is 6.54 Å². The molecule has 1 aromatic heterocycles. The minimum atomic E-state index is -0.315. The summed E-state index contributed by atoms with van der Waals surface area (Å²) in [6, 6.07) is 8.23. The van der Waals surface area contributed by atoms with Crippen molar-refractivity contribution >= 4 is 42.1 Å². The Morgan fingerprint density at radius 1 is 1.28 bits per heavy atom. The van der Waals surface area contributed by atoms with Crippen LogP contribution < -0.4 is 11.1 Å². The van der Waals surface area contributed by atoms with Gasteiger partial charge in [0.15, 0.2) is 0 Å². The number of nitrogens with zero attached hydrogens (tertiary/aromatic N) is 1. The number of amides is 1. The Balaban J connectivity index is 0.00000288. The lowest BCUT2D eigenvalue weighted by molar-refractivity contribution is -0.120. The van der Waals surface area contributed by atoms with Crippen LogP contribution in [0.3, 0.4) is 0 Å². The number of nitrogens with one attached hydrogen (secondary N) is 1. The van der Waals surface area contributed by atoms with Crippen molar-refractivity contribution in [3.05, 3.63) is 40.9 Å². The van der Waals surface area contributed by atoms with Gasteiger partial charge < -0.3 is 11.1 Å². The van der Waals surface area contributed by atoms with E-state index in [-0.39, 0.29) is 36.3 Å². The maximum Gasteiger partial charge on any atom is 0.226 e. The summed E-state index contributed by atoms with van der Waals surface area (Å²) >= 11 is 1.57. The fourth-order valence-electron chi connectivity index (χ4n) is 2.30. The normalized spacial score (nSPS) is 10.6. The third-order valence-electron chi connectivity index (χ3n) is 4.20. The molecule has 0 fully saturated rings. The topological polar surface area (TPSA) is 68.0 Å². The summed E-state index contributed by atoms with van der Waals surface area (Å²) in [6.45, 7) is 6.66. The largest absolute Gasteiger partial charge is 0.354 e. The van der Waals surface area contributed by atoms with E-state index >= 15 is 0 Å². The maximum atomic E-state index is 12.1. The molecule has 0 bridgehead atoms. The van der Waals surface area contributed by atoms with Gasteiger partial charge >= 0.3 is 0 Å². The third kappa shape index (κ3) is 6.94. The molecule has 2 rings (SSSR count). The molecule has 1 amide bonds. The van der Waals surface area contributed by atoms with Crippen LogP contribution in [0.2, 0.25) is 0 Å². The van der Waals surface area contributed by atoms with Gasteiger partial charge in [0, 0.05) is 23.0 Å². The number of hydrogen-bond donors (Lipinski definition) is 2. The first-order chi connectivity index (χ1) is 11.0. The fourth-order valence-corrected chi connectivity index (χ4v) is 3.12. The van der Waals surface area contributed by atoms with Crippen molar-refractivity contribution in [2.45, 2.75) is 45.6 Å². The summed E-state index contributed by atoms with van der Waals surface area (Å²) in [7, 11) is 0. The van der Waals surface area contributed by atoms with E-state index in [0.29, 0.717) is 13.0 Å².